The van der Waals surface area contributed by atoms with Gasteiger partial charge in [0.15, 0.2) is 0 Å². The number of rotatable bonds is 5. The molecule has 2 saturated heterocycles. The van der Waals surface area contributed by atoms with Gasteiger partial charge in [-0.1, -0.05) is 36.3 Å². The molecule has 0 unspecified atom stereocenters. The van der Waals surface area contributed by atoms with Gasteiger partial charge in [0.05, 0.1) is 27.2 Å². The average Bonchev–Trinajstić information content (AvgIpc) is 3.76. The van der Waals surface area contributed by atoms with Crippen molar-refractivity contribution in [2.24, 2.45) is 5.41 Å². The van der Waals surface area contributed by atoms with Crippen molar-refractivity contribution in [3.05, 3.63) is 113 Å². The number of fused-ring (bicyclic) bond motifs is 4. The van der Waals surface area contributed by atoms with Crippen LogP contribution in [0.15, 0.2) is 91.1 Å². The fourth-order valence-electron chi connectivity index (χ4n) is 7.53. The number of carbonyl (C=O) groups is 2. The molecule has 0 saturated carbocycles. The van der Waals surface area contributed by atoms with Crippen LogP contribution in [0.1, 0.15) is 44.7 Å². The van der Waals surface area contributed by atoms with Gasteiger partial charge < -0.3 is 24.8 Å². The van der Waals surface area contributed by atoms with E-state index >= 15 is 0 Å². The molecule has 0 aliphatic carbocycles. The van der Waals surface area contributed by atoms with Crippen molar-refractivity contribution in [1.82, 2.24) is 15.0 Å². The Bertz CT molecular complexity index is 2320. The fraction of sp³-hybridized carbons (Fsp3) is 0.220. The first kappa shape index (κ1) is 31.2. The van der Waals surface area contributed by atoms with Crippen LogP contribution in [-0.2, 0) is 11.2 Å². The second-order valence-electron chi connectivity index (χ2n) is 13.5. The molecule has 0 atom stereocenters. The standard InChI is InChI=1S/C41H34N6O3S/c1-2-26-21-31(38(42-23-26)46-24-41(25-46)16-19-50-20-17-41)39(48)43-29-13-11-27(12-14-29)40(49)47-18-15-28-22-35(37-44-32-8-4-5-9-33(32)45-37)51-36(28)30-7-3-6-10-34(30)47/h1,3-14,21-23H,15-20,24-25H2,(H,43,48)(H,44,45). The number of H-pyrrole nitrogens is 1. The van der Waals surface area contributed by atoms with Crippen LogP contribution in [0, 0.1) is 17.8 Å². The van der Waals surface area contributed by atoms with Crippen LogP contribution in [0.3, 0.4) is 0 Å². The number of nitrogens with one attached hydrogen (secondary N) is 2. The zero-order chi connectivity index (χ0) is 34.5. The van der Waals surface area contributed by atoms with Crippen molar-refractivity contribution < 1.29 is 14.3 Å². The second-order valence-corrected chi connectivity index (χ2v) is 14.6. The van der Waals surface area contributed by atoms with E-state index in [0.717, 1.165) is 77.0 Å². The molecular weight excluding hydrogens is 657 g/mol. The van der Waals surface area contributed by atoms with Crippen molar-refractivity contribution in [2.45, 2.75) is 19.3 Å². The Morgan fingerprint density at radius 3 is 2.57 bits per heavy atom. The van der Waals surface area contributed by atoms with E-state index in [-0.39, 0.29) is 17.2 Å². The first-order chi connectivity index (χ1) is 25.0. The van der Waals surface area contributed by atoms with Gasteiger partial charge in [0.25, 0.3) is 11.8 Å². The SMILES string of the molecule is C#Cc1cnc(N2CC3(CCOCC3)C2)c(C(=O)Nc2ccc(C(=O)N3CCc4cc(-c5nc6ccccc6[nH]5)sc4-c4ccccc43)cc2)c1. The normalized spacial score (nSPS) is 16.1. The minimum atomic E-state index is -0.295. The summed E-state index contributed by atoms with van der Waals surface area (Å²) in [5.74, 6) is 3.70. The molecular formula is C41H34N6O3S. The third kappa shape index (κ3) is 5.65. The summed E-state index contributed by atoms with van der Waals surface area (Å²) < 4.78 is 5.57. The predicted molar refractivity (Wildman–Crippen MR) is 201 cm³/mol. The molecule has 3 aromatic carbocycles. The maximum absolute atomic E-state index is 14.1. The lowest BCUT2D eigenvalue weighted by molar-refractivity contribution is -0.000509. The zero-order valence-electron chi connectivity index (χ0n) is 27.8. The fourth-order valence-corrected chi connectivity index (χ4v) is 8.72. The van der Waals surface area contributed by atoms with Gasteiger partial charge in [0.2, 0.25) is 0 Å². The Hall–Kier alpha value is -5.76. The van der Waals surface area contributed by atoms with Gasteiger partial charge in [-0.15, -0.1) is 17.8 Å². The van der Waals surface area contributed by atoms with Crippen molar-refractivity contribution >= 4 is 51.4 Å². The van der Waals surface area contributed by atoms with E-state index in [0.29, 0.717) is 41.2 Å². The summed E-state index contributed by atoms with van der Waals surface area (Å²) in [6.07, 6.45) is 10.1. The number of hydrogen-bond donors (Lipinski definition) is 2. The number of aromatic amines is 1. The summed E-state index contributed by atoms with van der Waals surface area (Å²) in [4.78, 5) is 46.8. The topological polar surface area (TPSA) is 103 Å². The number of pyridine rings is 1. The Kier molecular flexibility index (Phi) is 7.68. The average molecular weight is 691 g/mol. The van der Waals surface area contributed by atoms with Crippen LogP contribution >= 0.6 is 11.3 Å². The van der Waals surface area contributed by atoms with E-state index in [1.54, 1.807) is 47.9 Å². The number of imidazole rings is 1. The van der Waals surface area contributed by atoms with E-state index in [1.807, 2.05) is 47.4 Å². The molecule has 9 rings (SSSR count). The summed E-state index contributed by atoms with van der Waals surface area (Å²) in [7, 11) is 0. The molecule has 9 nitrogen and oxygen atoms in total. The van der Waals surface area contributed by atoms with Crippen molar-refractivity contribution in [3.63, 3.8) is 0 Å². The van der Waals surface area contributed by atoms with Gasteiger partial charge in [-0.2, -0.15) is 0 Å². The minimum Gasteiger partial charge on any atom is -0.381 e. The quantitative estimate of drug-likeness (QED) is 0.183. The van der Waals surface area contributed by atoms with E-state index in [2.05, 4.69) is 38.2 Å². The Balaban J connectivity index is 0.932. The first-order valence-electron chi connectivity index (χ1n) is 17.2. The first-order valence-corrected chi connectivity index (χ1v) is 18.0. The molecule has 0 radical (unpaired) electrons. The summed E-state index contributed by atoms with van der Waals surface area (Å²) >= 11 is 1.70. The Labute approximate surface area is 299 Å². The summed E-state index contributed by atoms with van der Waals surface area (Å²) in [5.41, 5.74) is 7.36. The van der Waals surface area contributed by atoms with Crippen LogP contribution in [0.4, 0.5) is 17.2 Å². The maximum Gasteiger partial charge on any atom is 0.259 e. The number of nitrogens with zero attached hydrogens (tertiary/aromatic N) is 4. The summed E-state index contributed by atoms with van der Waals surface area (Å²) in [5, 5.41) is 3.01. The van der Waals surface area contributed by atoms with E-state index in [4.69, 9.17) is 16.1 Å². The van der Waals surface area contributed by atoms with Gasteiger partial charge >= 0.3 is 0 Å². The molecule has 3 aliphatic rings. The molecule has 6 heterocycles. The van der Waals surface area contributed by atoms with Crippen molar-refractivity contribution in [2.75, 3.05) is 48.0 Å². The Morgan fingerprint density at radius 2 is 1.76 bits per heavy atom. The number of carbonyl (C=O) groups excluding carboxylic acids is 2. The van der Waals surface area contributed by atoms with Crippen LogP contribution in [0.25, 0.3) is 32.2 Å². The molecule has 10 heteroatoms. The third-order valence-corrected chi connectivity index (χ3v) is 11.5. The number of para-hydroxylation sites is 3. The molecule has 252 valence electrons. The maximum atomic E-state index is 14.1. The number of hydrogen-bond acceptors (Lipinski definition) is 7. The molecule has 2 fully saturated rings. The lowest BCUT2D eigenvalue weighted by Crippen LogP contribution is -2.59. The van der Waals surface area contributed by atoms with Gasteiger partial charge in [0, 0.05) is 71.7 Å². The van der Waals surface area contributed by atoms with Crippen LogP contribution in [-0.4, -0.2) is 59.6 Å². The monoisotopic (exact) mass is 690 g/mol. The van der Waals surface area contributed by atoms with Crippen molar-refractivity contribution in [3.8, 4) is 33.5 Å². The molecule has 51 heavy (non-hydrogen) atoms. The van der Waals surface area contributed by atoms with Gasteiger partial charge in [-0.25, -0.2) is 9.97 Å². The number of anilines is 3. The van der Waals surface area contributed by atoms with Crippen LogP contribution in [0.5, 0.6) is 0 Å². The highest BCUT2D eigenvalue weighted by Gasteiger charge is 2.45. The highest BCUT2D eigenvalue weighted by Crippen LogP contribution is 2.45. The highest BCUT2D eigenvalue weighted by atomic mass is 32.1. The number of thiophene rings is 1. The molecule has 2 N–H and O–H groups in total. The molecule has 0 bridgehead atoms. The number of aromatic nitrogens is 3. The van der Waals surface area contributed by atoms with Gasteiger partial charge in [-0.3, -0.25) is 9.59 Å². The van der Waals surface area contributed by atoms with E-state index < -0.39 is 0 Å². The molecule has 3 aromatic heterocycles. The third-order valence-electron chi connectivity index (χ3n) is 10.3. The number of benzene rings is 3. The number of terminal acetylenes is 1. The minimum absolute atomic E-state index is 0.0963. The van der Waals surface area contributed by atoms with Crippen LogP contribution in [0.2, 0.25) is 0 Å². The summed E-state index contributed by atoms with van der Waals surface area (Å²) in [6, 6.07) is 27.1. The largest absolute Gasteiger partial charge is 0.381 e. The van der Waals surface area contributed by atoms with Gasteiger partial charge in [-0.05, 0) is 79.4 Å². The van der Waals surface area contributed by atoms with Crippen LogP contribution < -0.4 is 15.1 Å². The lowest BCUT2D eigenvalue weighted by Gasteiger charge is -2.53. The van der Waals surface area contributed by atoms with E-state index in [1.165, 1.54) is 5.56 Å². The lowest BCUT2D eigenvalue weighted by atomic mass is 9.73. The molecule has 3 aliphatic heterocycles. The predicted octanol–water partition coefficient (Wildman–Crippen LogP) is 7.41. The summed E-state index contributed by atoms with van der Waals surface area (Å²) in [6.45, 7) is 3.75. The Morgan fingerprint density at radius 1 is 0.980 bits per heavy atom. The van der Waals surface area contributed by atoms with Gasteiger partial charge in [0.1, 0.15) is 11.6 Å². The van der Waals surface area contributed by atoms with E-state index in [9.17, 15) is 9.59 Å². The molecule has 1 spiro atoms. The number of amides is 2. The second kappa shape index (κ2) is 12.5. The van der Waals surface area contributed by atoms with Crippen molar-refractivity contribution in [1.29, 1.82) is 0 Å². The smallest absolute Gasteiger partial charge is 0.259 e. The molecule has 6 aromatic rings. The molecule has 2 amide bonds. The highest BCUT2D eigenvalue weighted by molar-refractivity contribution is 7.19. The zero-order valence-corrected chi connectivity index (χ0v) is 28.6. The number of ether oxygens (including phenoxy) is 1.